The Bertz CT molecular complexity index is 650. The smallest absolute Gasteiger partial charge is 0.245 e. The molecule has 0 bridgehead atoms. The Morgan fingerprint density at radius 3 is 2.48 bits per heavy atom. The van der Waals surface area contributed by atoms with Crippen LogP contribution in [0.15, 0.2) is 0 Å². The molecule has 2 aliphatic rings. The monoisotopic (exact) mass is 380 g/mol. The largest absolute Gasteiger partial charge is 0.369 e. The Labute approximate surface area is 158 Å². The molecule has 9 heteroatoms. The minimum Gasteiger partial charge on any atom is -0.369 e. The van der Waals surface area contributed by atoms with E-state index in [4.69, 9.17) is 5.73 Å². The normalized spacial score (nSPS) is 23.7. The van der Waals surface area contributed by atoms with E-state index in [2.05, 4.69) is 5.32 Å². The van der Waals surface area contributed by atoms with Crippen molar-refractivity contribution in [3.8, 4) is 0 Å². The molecule has 2 fully saturated rings. The Morgan fingerprint density at radius 1 is 1.26 bits per heavy atom. The molecule has 0 spiro atoms. The van der Waals surface area contributed by atoms with Crippen LogP contribution in [0.3, 0.4) is 0 Å². The molecule has 2 rings (SSSR count). The third-order valence-corrected chi connectivity index (χ3v) is 5.39. The lowest BCUT2D eigenvalue weighted by atomic mass is 10.0. The Kier molecular flexibility index (Phi) is 6.56. The number of amides is 4. The number of carbonyl (C=O) groups excluding carboxylic acids is 5. The van der Waals surface area contributed by atoms with Crippen molar-refractivity contribution >= 4 is 29.4 Å². The summed E-state index contributed by atoms with van der Waals surface area (Å²) in [4.78, 5) is 63.3. The lowest BCUT2D eigenvalue weighted by Crippen LogP contribution is -2.50. The molecule has 0 aliphatic carbocycles. The van der Waals surface area contributed by atoms with Gasteiger partial charge in [0.2, 0.25) is 23.6 Å². The standard InChI is InChI=1S/C18H28N4O5/c1-4-12(20-11(3)23)18(27)22-9-14(24)16-13(22)7-8-21(16)15(25)6-5-10(2)17(19)26/h10,12-13,16H,4-9H2,1-3H3,(H2,19,26)(H,20,23). The van der Waals surface area contributed by atoms with E-state index in [1.165, 1.54) is 16.7 Å². The molecule has 3 N–H and O–H groups in total. The third kappa shape index (κ3) is 4.45. The molecule has 2 aliphatic heterocycles. The van der Waals surface area contributed by atoms with Crippen LogP contribution in [-0.2, 0) is 24.0 Å². The SMILES string of the molecule is CCC(NC(C)=O)C(=O)N1CC(=O)C2C1CCN2C(=O)CCC(C)C(N)=O. The van der Waals surface area contributed by atoms with Crippen LogP contribution in [-0.4, -0.2) is 70.4 Å². The molecule has 0 radical (unpaired) electrons. The lowest BCUT2D eigenvalue weighted by molar-refractivity contribution is -0.137. The van der Waals surface area contributed by atoms with Crippen LogP contribution in [0.1, 0.15) is 46.5 Å². The number of hydrogen-bond donors (Lipinski definition) is 2. The van der Waals surface area contributed by atoms with Gasteiger partial charge in [-0.2, -0.15) is 0 Å². The topological polar surface area (TPSA) is 130 Å². The van der Waals surface area contributed by atoms with Gasteiger partial charge in [0.1, 0.15) is 12.1 Å². The average Bonchev–Trinajstić information content (AvgIpc) is 3.18. The first-order valence-corrected chi connectivity index (χ1v) is 9.36. The molecule has 9 nitrogen and oxygen atoms in total. The van der Waals surface area contributed by atoms with E-state index in [9.17, 15) is 24.0 Å². The summed E-state index contributed by atoms with van der Waals surface area (Å²) < 4.78 is 0. The van der Waals surface area contributed by atoms with Gasteiger partial charge in [-0.1, -0.05) is 13.8 Å². The first-order chi connectivity index (χ1) is 12.7. The van der Waals surface area contributed by atoms with Gasteiger partial charge < -0.3 is 20.9 Å². The molecule has 150 valence electrons. The van der Waals surface area contributed by atoms with Crippen LogP contribution < -0.4 is 11.1 Å². The van der Waals surface area contributed by atoms with Crippen molar-refractivity contribution in [1.29, 1.82) is 0 Å². The summed E-state index contributed by atoms with van der Waals surface area (Å²) in [6.45, 7) is 5.14. The van der Waals surface area contributed by atoms with Crippen molar-refractivity contribution < 1.29 is 24.0 Å². The van der Waals surface area contributed by atoms with E-state index in [0.29, 0.717) is 25.8 Å². The van der Waals surface area contributed by atoms with Crippen LogP contribution >= 0.6 is 0 Å². The second kappa shape index (κ2) is 8.49. The zero-order valence-electron chi connectivity index (χ0n) is 16.1. The fraction of sp³-hybridized carbons (Fsp3) is 0.722. The molecule has 2 saturated heterocycles. The third-order valence-electron chi connectivity index (χ3n) is 5.39. The Hall–Kier alpha value is -2.45. The predicted molar refractivity (Wildman–Crippen MR) is 96.1 cm³/mol. The number of ketones is 1. The first kappa shape index (κ1) is 20.9. The van der Waals surface area contributed by atoms with Gasteiger partial charge in [-0.05, 0) is 19.3 Å². The van der Waals surface area contributed by atoms with Gasteiger partial charge in [0, 0.05) is 25.8 Å². The van der Waals surface area contributed by atoms with Gasteiger partial charge in [0.25, 0.3) is 0 Å². The number of nitrogens with one attached hydrogen (secondary N) is 1. The van der Waals surface area contributed by atoms with Crippen molar-refractivity contribution in [2.75, 3.05) is 13.1 Å². The summed E-state index contributed by atoms with van der Waals surface area (Å²) in [5.74, 6) is -1.83. The summed E-state index contributed by atoms with van der Waals surface area (Å²) >= 11 is 0. The van der Waals surface area contributed by atoms with Crippen molar-refractivity contribution in [2.24, 2.45) is 11.7 Å². The highest BCUT2D eigenvalue weighted by Crippen LogP contribution is 2.31. The maximum atomic E-state index is 12.8. The van der Waals surface area contributed by atoms with Crippen molar-refractivity contribution in [1.82, 2.24) is 15.1 Å². The number of nitrogens with zero attached hydrogens (tertiary/aromatic N) is 2. The van der Waals surface area contributed by atoms with Gasteiger partial charge in [-0.3, -0.25) is 24.0 Å². The highest BCUT2D eigenvalue weighted by atomic mass is 16.2. The minimum atomic E-state index is -0.671. The molecule has 2 heterocycles. The van der Waals surface area contributed by atoms with Crippen molar-refractivity contribution in [2.45, 2.75) is 64.6 Å². The summed E-state index contributed by atoms with van der Waals surface area (Å²) in [6, 6.07) is -1.67. The van der Waals surface area contributed by atoms with Gasteiger partial charge in [0.15, 0.2) is 5.78 Å². The van der Waals surface area contributed by atoms with E-state index < -0.39 is 23.9 Å². The molecule has 0 aromatic rings. The maximum absolute atomic E-state index is 12.8. The zero-order valence-corrected chi connectivity index (χ0v) is 16.1. The number of Topliss-reactive ketones (excluding diaryl/α,β-unsaturated/α-hetero) is 1. The molecule has 4 unspecified atom stereocenters. The number of fused-ring (bicyclic) bond motifs is 1. The number of rotatable bonds is 7. The summed E-state index contributed by atoms with van der Waals surface area (Å²) in [5.41, 5.74) is 5.22. The van der Waals surface area contributed by atoms with E-state index in [1.54, 1.807) is 13.8 Å². The van der Waals surface area contributed by atoms with Crippen LogP contribution in [0.5, 0.6) is 0 Å². The summed E-state index contributed by atoms with van der Waals surface area (Å²) in [7, 11) is 0. The zero-order chi connectivity index (χ0) is 20.3. The van der Waals surface area contributed by atoms with Crippen LogP contribution in [0.2, 0.25) is 0 Å². The number of carbonyl (C=O) groups is 5. The molecule has 4 atom stereocenters. The Morgan fingerprint density at radius 2 is 1.93 bits per heavy atom. The molecule has 27 heavy (non-hydrogen) atoms. The minimum absolute atomic E-state index is 0.0499. The number of nitrogens with two attached hydrogens (primary N) is 1. The van der Waals surface area contributed by atoms with E-state index in [0.717, 1.165) is 0 Å². The molecular weight excluding hydrogens is 352 g/mol. The summed E-state index contributed by atoms with van der Waals surface area (Å²) in [5, 5.41) is 2.61. The number of primary amides is 1. The Balaban J connectivity index is 2.05. The van der Waals surface area contributed by atoms with Gasteiger partial charge in [-0.25, -0.2) is 0 Å². The van der Waals surface area contributed by atoms with Gasteiger partial charge in [-0.15, -0.1) is 0 Å². The molecule has 0 aromatic heterocycles. The molecule has 4 amide bonds. The number of likely N-dealkylation sites (tertiary alicyclic amines) is 2. The molecular formula is C18H28N4O5. The van der Waals surface area contributed by atoms with E-state index in [1.807, 2.05) is 0 Å². The van der Waals surface area contributed by atoms with Crippen LogP contribution in [0, 0.1) is 5.92 Å². The second-order valence-electron chi connectivity index (χ2n) is 7.32. The fourth-order valence-electron chi connectivity index (χ4n) is 3.80. The second-order valence-corrected chi connectivity index (χ2v) is 7.32. The average molecular weight is 380 g/mol. The van der Waals surface area contributed by atoms with Crippen molar-refractivity contribution in [3.63, 3.8) is 0 Å². The maximum Gasteiger partial charge on any atom is 0.245 e. The molecule has 0 aromatic carbocycles. The van der Waals surface area contributed by atoms with Crippen molar-refractivity contribution in [3.05, 3.63) is 0 Å². The summed E-state index contributed by atoms with van der Waals surface area (Å²) in [6.07, 6.45) is 1.42. The van der Waals surface area contributed by atoms with Gasteiger partial charge >= 0.3 is 0 Å². The number of hydrogen-bond acceptors (Lipinski definition) is 5. The quantitative estimate of drug-likeness (QED) is 0.596. The highest BCUT2D eigenvalue weighted by molar-refractivity contribution is 5.99. The van der Waals surface area contributed by atoms with E-state index in [-0.39, 0.29) is 42.5 Å². The molecule has 0 saturated carbocycles. The van der Waals surface area contributed by atoms with E-state index >= 15 is 0 Å². The predicted octanol–water partition coefficient (Wildman–Crippen LogP) is -0.816. The fourth-order valence-corrected chi connectivity index (χ4v) is 3.80. The van der Waals surface area contributed by atoms with Crippen LogP contribution in [0.4, 0.5) is 0 Å². The first-order valence-electron chi connectivity index (χ1n) is 9.36. The lowest BCUT2D eigenvalue weighted by Gasteiger charge is -2.27. The highest BCUT2D eigenvalue weighted by Gasteiger charge is 2.51. The van der Waals surface area contributed by atoms with Crippen LogP contribution in [0.25, 0.3) is 0 Å². The van der Waals surface area contributed by atoms with Gasteiger partial charge in [0.05, 0.1) is 12.6 Å².